The van der Waals surface area contributed by atoms with Crippen molar-refractivity contribution < 1.29 is 13.2 Å². The number of nitrogens with one attached hydrogen (secondary N) is 1. The second-order valence-corrected chi connectivity index (χ2v) is 11.1. The number of carbonyl (C=O) groups is 1. The van der Waals surface area contributed by atoms with E-state index in [-0.39, 0.29) is 16.6 Å². The average molecular weight is 488 g/mol. The first-order valence-corrected chi connectivity index (χ1v) is 13.4. The van der Waals surface area contributed by atoms with Gasteiger partial charge in [0.2, 0.25) is 0 Å². The third kappa shape index (κ3) is 4.81. The van der Waals surface area contributed by atoms with Gasteiger partial charge in [-0.15, -0.1) is 11.3 Å². The van der Waals surface area contributed by atoms with Crippen molar-refractivity contribution in [3.63, 3.8) is 0 Å². The summed E-state index contributed by atoms with van der Waals surface area (Å²) in [4.78, 5) is 24.7. The molecule has 1 N–H and O–H groups in total. The van der Waals surface area contributed by atoms with Gasteiger partial charge >= 0.3 is 0 Å². The van der Waals surface area contributed by atoms with E-state index in [1.807, 2.05) is 18.9 Å². The molecule has 1 amide bonds. The molecule has 4 rings (SSSR count). The van der Waals surface area contributed by atoms with Gasteiger partial charge in [-0.2, -0.15) is 0 Å². The van der Waals surface area contributed by atoms with Gasteiger partial charge in [0.15, 0.2) is 0 Å². The Hall–Kier alpha value is -2.72. The smallest absolute Gasteiger partial charge is 0.265 e. The number of pyridine rings is 1. The Morgan fingerprint density at radius 2 is 1.76 bits per heavy atom. The summed E-state index contributed by atoms with van der Waals surface area (Å²) >= 11 is 1.32. The van der Waals surface area contributed by atoms with E-state index in [2.05, 4.69) is 14.7 Å². The minimum Gasteiger partial charge on any atom is -0.345 e. The fraction of sp³-hybridized carbons (Fsp3) is 0.435. The van der Waals surface area contributed by atoms with Gasteiger partial charge in [-0.05, 0) is 51.8 Å². The molecule has 10 heteroatoms. The Balaban J connectivity index is 1.65. The van der Waals surface area contributed by atoms with Gasteiger partial charge in [0.1, 0.15) is 20.6 Å². The van der Waals surface area contributed by atoms with E-state index >= 15 is 0 Å². The van der Waals surface area contributed by atoms with Crippen LogP contribution in [-0.2, 0) is 17.1 Å². The fourth-order valence-corrected chi connectivity index (χ4v) is 6.44. The first-order valence-electron chi connectivity index (χ1n) is 11.1. The monoisotopic (exact) mass is 487 g/mol. The first kappa shape index (κ1) is 23.4. The highest BCUT2D eigenvalue weighted by atomic mass is 32.2. The molecule has 1 saturated heterocycles. The molecule has 176 valence electrons. The van der Waals surface area contributed by atoms with Crippen molar-refractivity contribution in [1.29, 1.82) is 0 Å². The molecule has 1 fully saturated rings. The van der Waals surface area contributed by atoms with Crippen molar-refractivity contribution in [2.45, 2.75) is 51.3 Å². The number of hydrogen-bond donors (Lipinski definition) is 1. The van der Waals surface area contributed by atoms with Crippen LogP contribution < -0.4 is 4.72 Å². The van der Waals surface area contributed by atoms with Gasteiger partial charge < -0.3 is 9.47 Å². The lowest BCUT2D eigenvalue weighted by Gasteiger charge is -2.19. The van der Waals surface area contributed by atoms with E-state index < -0.39 is 10.0 Å². The number of aromatic nitrogens is 3. The van der Waals surface area contributed by atoms with Crippen LogP contribution in [0.1, 0.15) is 52.4 Å². The predicted molar refractivity (Wildman–Crippen MR) is 130 cm³/mol. The normalized spacial score (nSPS) is 14.8. The molecule has 0 spiro atoms. The summed E-state index contributed by atoms with van der Waals surface area (Å²) in [5.41, 5.74) is 2.64. The lowest BCUT2D eigenvalue weighted by atomic mass is 10.2. The summed E-state index contributed by atoms with van der Waals surface area (Å²) in [6.45, 7) is 6.94. The molecule has 4 heterocycles. The number of nitrogens with zero attached hydrogens (tertiary/aromatic N) is 4. The Labute approximate surface area is 198 Å². The molecular formula is C23H29N5O3S2. The molecule has 8 nitrogen and oxygen atoms in total. The van der Waals surface area contributed by atoms with Crippen LogP contribution in [-0.4, -0.2) is 46.8 Å². The highest BCUT2D eigenvalue weighted by Gasteiger charge is 2.27. The SMILES string of the molecule is Cc1cccc(NS(=O)(=O)c2cc(-c3nc(C)c(C(=O)N4CCCCCC4)s3)n(C)c2C)n1. The zero-order chi connectivity index (χ0) is 23.8. The topological polar surface area (TPSA) is 97.2 Å². The van der Waals surface area contributed by atoms with Gasteiger partial charge in [0, 0.05) is 31.5 Å². The van der Waals surface area contributed by atoms with Gasteiger partial charge in [-0.3, -0.25) is 9.52 Å². The number of aryl methyl sites for hydroxylation is 2. The van der Waals surface area contributed by atoms with Gasteiger partial charge in [0.05, 0.1) is 11.4 Å². The summed E-state index contributed by atoms with van der Waals surface area (Å²) < 4.78 is 30.6. The number of carbonyl (C=O) groups excluding carboxylic acids is 1. The standard InChI is InChI=1S/C23H29N5O3S2/c1-15-10-9-11-20(24-15)26-33(30,31)19-14-18(27(4)17(19)3)22-25-16(2)21(32-22)23(29)28-12-7-5-6-8-13-28/h9-11,14H,5-8,12-13H2,1-4H3,(H,24,26). The van der Waals surface area contributed by atoms with E-state index in [0.717, 1.165) is 44.5 Å². The van der Waals surface area contributed by atoms with Gasteiger partial charge in [-0.25, -0.2) is 18.4 Å². The van der Waals surface area contributed by atoms with E-state index in [0.29, 0.717) is 27.0 Å². The zero-order valence-electron chi connectivity index (χ0n) is 19.4. The van der Waals surface area contributed by atoms with E-state index in [1.54, 1.807) is 42.7 Å². The minimum atomic E-state index is -3.84. The number of likely N-dealkylation sites (tertiary alicyclic amines) is 1. The molecule has 0 atom stereocenters. The molecule has 0 saturated carbocycles. The highest BCUT2D eigenvalue weighted by molar-refractivity contribution is 7.92. The van der Waals surface area contributed by atoms with Crippen molar-refractivity contribution in [2.24, 2.45) is 7.05 Å². The summed E-state index contributed by atoms with van der Waals surface area (Å²) in [5, 5.41) is 0.631. The molecule has 1 aliphatic heterocycles. The lowest BCUT2D eigenvalue weighted by molar-refractivity contribution is 0.0765. The molecule has 1 aliphatic rings. The highest BCUT2D eigenvalue weighted by Crippen LogP contribution is 2.33. The maximum Gasteiger partial charge on any atom is 0.265 e. The van der Waals surface area contributed by atoms with Crippen LogP contribution in [0.2, 0.25) is 0 Å². The fourth-order valence-electron chi connectivity index (χ4n) is 4.06. The van der Waals surface area contributed by atoms with Crippen LogP contribution in [0.5, 0.6) is 0 Å². The predicted octanol–water partition coefficient (Wildman–Crippen LogP) is 4.29. The van der Waals surface area contributed by atoms with Crippen molar-refractivity contribution in [3.05, 3.63) is 46.2 Å². The molecule has 0 bridgehead atoms. The third-order valence-electron chi connectivity index (χ3n) is 6.01. The lowest BCUT2D eigenvalue weighted by Crippen LogP contribution is -2.31. The second-order valence-electron chi connectivity index (χ2n) is 8.45. The second kappa shape index (κ2) is 9.26. The Kier molecular flexibility index (Phi) is 6.58. The number of thiazole rings is 1. The van der Waals surface area contributed by atoms with Crippen LogP contribution in [0, 0.1) is 20.8 Å². The number of hydrogen-bond acceptors (Lipinski definition) is 6. The van der Waals surface area contributed by atoms with E-state index in [4.69, 9.17) is 0 Å². The van der Waals surface area contributed by atoms with Crippen molar-refractivity contribution in [2.75, 3.05) is 17.8 Å². The largest absolute Gasteiger partial charge is 0.345 e. The van der Waals surface area contributed by atoms with E-state index in [1.165, 1.54) is 11.3 Å². The minimum absolute atomic E-state index is 0.0177. The van der Waals surface area contributed by atoms with Crippen LogP contribution in [0.15, 0.2) is 29.2 Å². The number of rotatable bonds is 5. The first-order chi connectivity index (χ1) is 15.7. The molecule has 33 heavy (non-hydrogen) atoms. The van der Waals surface area contributed by atoms with Crippen molar-refractivity contribution in [1.82, 2.24) is 19.4 Å². The third-order valence-corrected chi connectivity index (χ3v) is 8.65. The average Bonchev–Trinajstić information content (AvgIpc) is 3.14. The molecule has 3 aromatic rings. The molecular weight excluding hydrogens is 458 g/mol. The van der Waals surface area contributed by atoms with Gasteiger partial charge in [-0.1, -0.05) is 18.9 Å². The molecule has 0 aromatic carbocycles. The quantitative estimate of drug-likeness (QED) is 0.579. The number of anilines is 1. The van der Waals surface area contributed by atoms with Crippen LogP contribution in [0.4, 0.5) is 5.82 Å². The summed E-state index contributed by atoms with van der Waals surface area (Å²) in [7, 11) is -2.04. The zero-order valence-corrected chi connectivity index (χ0v) is 21.0. The maximum atomic E-state index is 13.1. The summed E-state index contributed by atoms with van der Waals surface area (Å²) in [6, 6.07) is 6.80. The Morgan fingerprint density at radius 1 is 1.06 bits per heavy atom. The van der Waals surface area contributed by atoms with Crippen LogP contribution in [0.3, 0.4) is 0 Å². The Bertz CT molecular complexity index is 1290. The van der Waals surface area contributed by atoms with Crippen molar-refractivity contribution >= 4 is 33.1 Å². The molecule has 3 aromatic heterocycles. The summed E-state index contributed by atoms with van der Waals surface area (Å²) in [6.07, 6.45) is 4.36. The van der Waals surface area contributed by atoms with E-state index in [9.17, 15) is 13.2 Å². The van der Waals surface area contributed by atoms with Crippen LogP contribution >= 0.6 is 11.3 Å². The maximum absolute atomic E-state index is 13.1. The summed E-state index contributed by atoms with van der Waals surface area (Å²) in [5.74, 6) is 0.291. The number of amides is 1. The molecule has 0 unspecified atom stereocenters. The molecule has 0 aliphatic carbocycles. The Morgan fingerprint density at radius 3 is 2.42 bits per heavy atom. The van der Waals surface area contributed by atoms with Crippen LogP contribution in [0.25, 0.3) is 10.7 Å². The number of sulfonamides is 1. The van der Waals surface area contributed by atoms with Gasteiger partial charge in [0.25, 0.3) is 15.9 Å². The molecule has 0 radical (unpaired) electrons. The van der Waals surface area contributed by atoms with Crippen molar-refractivity contribution in [3.8, 4) is 10.7 Å².